The number of ether oxygens (including phenoxy) is 2. The van der Waals surface area contributed by atoms with Gasteiger partial charge in [-0.25, -0.2) is 0 Å². The lowest BCUT2D eigenvalue weighted by atomic mass is 9.29. The highest BCUT2D eigenvalue weighted by Crippen LogP contribution is 2.51. The third kappa shape index (κ3) is 5.60. The van der Waals surface area contributed by atoms with Crippen LogP contribution in [0.3, 0.4) is 0 Å². The van der Waals surface area contributed by atoms with Crippen LogP contribution in [0.5, 0.6) is 23.0 Å². The van der Waals surface area contributed by atoms with Crippen LogP contribution in [-0.2, 0) is 0 Å². The van der Waals surface area contributed by atoms with Crippen LogP contribution in [0.15, 0.2) is 247 Å². The van der Waals surface area contributed by atoms with Gasteiger partial charge in [0.25, 0.3) is 26.9 Å². The van der Waals surface area contributed by atoms with E-state index in [4.69, 9.17) is 9.47 Å². The first kappa shape index (κ1) is 45.1. The first-order valence-corrected chi connectivity index (χ1v) is 30.1. The fourth-order valence-corrected chi connectivity index (χ4v) is 17.6. The Morgan fingerprint density at radius 2 is 0.588 bits per heavy atom. The van der Waals surface area contributed by atoms with Crippen LogP contribution in [0, 0.1) is 0 Å². The quantitative estimate of drug-likeness (QED) is 0.126. The van der Waals surface area contributed by atoms with Crippen LogP contribution in [0.2, 0.25) is 0 Å². The molecule has 1 aromatic heterocycles. The second-order valence-corrected chi connectivity index (χ2v) is 24.7. The van der Waals surface area contributed by atoms with Gasteiger partial charge in [0.05, 0.1) is 0 Å². The van der Waals surface area contributed by atoms with E-state index in [0.29, 0.717) is 10.8 Å². The van der Waals surface area contributed by atoms with Crippen molar-refractivity contribution in [1.82, 2.24) is 0 Å². The van der Waals surface area contributed by atoms with E-state index in [1.165, 1.54) is 55.1 Å². The summed E-state index contributed by atoms with van der Waals surface area (Å²) < 4.78 is 16.6. The Bertz CT molecular complexity index is 4980. The highest BCUT2D eigenvalue weighted by molar-refractivity contribution is 7.24. The van der Waals surface area contributed by atoms with Crippen LogP contribution in [-0.4, -0.2) is 26.9 Å². The summed E-state index contributed by atoms with van der Waals surface area (Å²) in [6.07, 6.45) is 0. The van der Waals surface area contributed by atoms with Gasteiger partial charge in [0.15, 0.2) is 5.43 Å². The van der Waals surface area contributed by atoms with Gasteiger partial charge in [-0.05, 0) is 138 Å². The summed E-state index contributed by atoms with van der Waals surface area (Å²) in [6, 6.07) is 88.2. The molecule has 0 radical (unpaired) electrons. The average molecular weight is 1100 g/mol. The fourth-order valence-electron chi connectivity index (χ4n) is 16.5. The van der Waals surface area contributed by atoms with Crippen LogP contribution in [0.4, 0.5) is 68.2 Å². The summed E-state index contributed by atoms with van der Waals surface area (Å²) in [5.74, 6) is 3.18. The first-order valence-electron chi connectivity index (χ1n) is 29.3. The molecule has 0 atom stereocenters. The molecule has 85 heavy (non-hydrogen) atoms. The summed E-state index contributed by atoms with van der Waals surface area (Å²) in [6.45, 7) is -0.456. The molecule has 0 aliphatic carbocycles. The Kier molecular flexibility index (Phi) is 8.51. The molecule has 12 aromatic carbocycles. The zero-order valence-corrected chi connectivity index (χ0v) is 46.1. The number of anilines is 12. The summed E-state index contributed by atoms with van der Waals surface area (Å²) in [4.78, 5) is 25.8. The van der Waals surface area contributed by atoms with Crippen molar-refractivity contribution in [3.8, 4) is 23.0 Å². The minimum Gasteiger partial charge on any atom is -0.458 e. The lowest BCUT2D eigenvalue weighted by Gasteiger charge is -2.49. The SMILES string of the molecule is O=c1c2cc3c(cc2sc2cc4c(cc12)B1c2ccccc2N2c5ccccc5B5c6ccccc6N(c6ccccc6)c6cc(c1c2c65)O4)Oc1cc2c4c5c1B3c1ccccc1N5c1ccccc1B4c1ccccc1N2c1ccccc1. The standard InChI is InChI=1S/C73H40B4N4O3S/c82-73-43-35-51-61(83-63-37-59-67-71-69(63)76(51)49-27-11-17-33-57(49)80(71)55-31-15-9-25-47(55)74(67)45-23-7-13-29-53(45)78(59)41-19-3-1-4-20-41)39-65(43)85-66-40-62-52(36-44(66)73)77-50-28-12-18-34-58(50)81-56-32-16-10-26-48(56)75-46-24-8-14-30-54(46)79(42-21-5-2-6-22-42)60-38-64(84-62)70(77)72(81)68(60)75/h1-40H. The van der Waals surface area contributed by atoms with Crippen LogP contribution < -0.4 is 100 Å². The average Bonchev–Trinajstić information content (AvgIpc) is 1.32. The summed E-state index contributed by atoms with van der Waals surface area (Å²) in [5.41, 5.74) is 27.9. The lowest BCUT2D eigenvalue weighted by molar-refractivity contribution is 0.488. The molecular weight excluding hydrogens is 1060 g/mol. The van der Waals surface area contributed by atoms with E-state index in [0.717, 1.165) is 111 Å². The Balaban J connectivity index is 0.787. The third-order valence-corrected chi connectivity index (χ3v) is 20.8. The molecule has 21 rings (SSSR count). The third-order valence-electron chi connectivity index (χ3n) is 19.7. The Morgan fingerprint density at radius 1 is 0.282 bits per heavy atom. The predicted molar refractivity (Wildman–Crippen MR) is 356 cm³/mol. The highest BCUT2D eigenvalue weighted by Gasteiger charge is 2.53. The number of rotatable bonds is 2. The molecule has 388 valence electrons. The molecule has 0 bridgehead atoms. The zero-order chi connectivity index (χ0) is 55.1. The molecule has 0 saturated heterocycles. The van der Waals surface area contributed by atoms with E-state index in [9.17, 15) is 0 Å². The molecule has 0 N–H and O–H groups in total. The number of nitrogens with zero attached hydrogens (tertiary/aromatic N) is 4. The molecule has 0 spiro atoms. The summed E-state index contributed by atoms with van der Waals surface area (Å²) in [7, 11) is 0. The largest absolute Gasteiger partial charge is 0.458 e. The lowest BCUT2D eigenvalue weighted by Crippen LogP contribution is -2.68. The van der Waals surface area contributed by atoms with E-state index in [1.54, 1.807) is 11.3 Å². The normalized spacial score (nSPS) is 14.6. The minimum atomic E-state index is -0.207. The van der Waals surface area contributed by atoms with E-state index in [-0.39, 0.29) is 32.3 Å². The maximum atomic E-state index is 15.9. The molecule has 0 amide bonds. The molecule has 7 nitrogen and oxygen atoms in total. The Morgan fingerprint density at radius 3 is 0.941 bits per heavy atom. The second-order valence-electron chi connectivity index (χ2n) is 23.6. The number of hydrogen-bond acceptors (Lipinski definition) is 8. The Hall–Kier alpha value is -10.4. The van der Waals surface area contributed by atoms with Crippen molar-refractivity contribution in [2.24, 2.45) is 0 Å². The molecule has 0 unspecified atom stereocenters. The van der Waals surface area contributed by atoms with Crippen LogP contribution in [0.25, 0.3) is 20.2 Å². The molecule has 8 aliphatic rings. The predicted octanol–water partition coefficient (Wildman–Crippen LogP) is 9.45. The monoisotopic (exact) mass is 1100 g/mol. The van der Waals surface area contributed by atoms with Gasteiger partial charge in [-0.15, -0.1) is 11.3 Å². The van der Waals surface area contributed by atoms with Crippen molar-refractivity contribution in [2.45, 2.75) is 0 Å². The van der Waals surface area contributed by atoms with Crippen molar-refractivity contribution in [3.05, 3.63) is 253 Å². The first-order chi connectivity index (χ1) is 42.1. The minimum absolute atomic E-state index is 0.00847. The number of benzene rings is 12. The van der Waals surface area contributed by atoms with Gasteiger partial charge in [-0.2, -0.15) is 0 Å². The van der Waals surface area contributed by atoms with Crippen molar-refractivity contribution in [1.29, 1.82) is 0 Å². The summed E-state index contributed by atoms with van der Waals surface area (Å²) in [5, 5.41) is 1.38. The van der Waals surface area contributed by atoms with Gasteiger partial charge in [-0.3, -0.25) is 4.79 Å². The summed E-state index contributed by atoms with van der Waals surface area (Å²) >= 11 is 1.63. The van der Waals surface area contributed by atoms with Crippen molar-refractivity contribution in [3.63, 3.8) is 0 Å². The van der Waals surface area contributed by atoms with Gasteiger partial charge in [0.2, 0.25) is 0 Å². The van der Waals surface area contributed by atoms with Crippen LogP contribution in [0.1, 0.15) is 0 Å². The molecule has 9 heterocycles. The molecular formula is C73H40B4N4O3S. The highest BCUT2D eigenvalue weighted by atomic mass is 32.1. The maximum Gasteiger partial charge on any atom is 0.256 e. The number of hydrogen-bond donors (Lipinski definition) is 0. The van der Waals surface area contributed by atoms with Gasteiger partial charge < -0.3 is 29.1 Å². The Labute approximate surface area is 494 Å². The van der Waals surface area contributed by atoms with E-state index in [2.05, 4.69) is 262 Å². The topological polar surface area (TPSA) is 48.5 Å². The molecule has 0 saturated carbocycles. The van der Waals surface area contributed by atoms with Gasteiger partial charge in [0.1, 0.15) is 23.0 Å². The number of para-hydroxylation sites is 8. The van der Waals surface area contributed by atoms with Gasteiger partial charge in [-0.1, -0.05) is 158 Å². The zero-order valence-electron chi connectivity index (χ0n) is 45.3. The smallest absolute Gasteiger partial charge is 0.256 e. The molecule has 0 fully saturated rings. The fraction of sp³-hybridized carbons (Fsp3) is 0. The van der Waals surface area contributed by atoms with Gasteiger partial charge >= 0.3 is 0 Å². The van der Waals surface area contributed by atoms with Crippen LogP contribution >= 0.6 is 11.3 Å². The molecule has 8 aliphatic heterocycles. The van der Waals surface area contributed by atoms with Crippen molar-refractivity contribution >= 4 is 192 Å². The second kappa shape index (κ2) is 16.0. The van der Waals surface area contributed by atoms with Crippen molar-refractivity contribution in [2.75, 3.05) is 19.6 Å². The molecule has 12 heteroatoms. The molecule has 13 aromatic rings. The van der Waals surface area contributed by atoms with Gasteiger partial charge in [0, 0.05) is 101 Å². The van der Waals surface area contributed by atoms with Crippen molar-refractivity contribution < 1.29 is 9.47 Å². The van der Waals surface area contributed by atoms with E-state index >= 15 is 4.79 Å². The maximum absolute atomic E-state index is 15.9. The van der Waals surface area contributed by atoms with E-state index < -0.39 is 0 Å². The van der Waals surface area contributed by atoms with E-state index in [1.807, 2.05) is 0 Å². The number of fused-ring (bicyclic) bond motifs is 22.